The zero-order valence-corrected chi connectivity index (χ0v) is 19.2. The molecule has 1 fully saturated rings. The zero-order chi connectivity index (χ0) is 24.1. The Morgan fingerprint density at radius 1 is 1.09 bits per heavy atom. The molecule has 1 aromatic heterocycles. The monoisotopic (exact) mass is 461 g/mol. The first-order valence-electron chi connectivity index (χ1n) is 11.1. The number of carbonyl (C=O) groups is 2. The number of amides is 1. The number of aromatic nitrogens is 2. The van der Waals surface area contributed by atoms with Gasteiger partial charge in [0.05, 0.1) is 31.7 Å². The summed E-state index contributed by atoms with van der Waals surface area (Å²) in [6.45, 7) is 3.36. The van der Waals surface area contributed by atoms with Crippen molar-refractivity contribution in [2.24, 2.45) is 0 Å². The third kappa shape index (κ3) is 4.66. The van der Waals surface area contributed by atoms with Crippen molar-refractivity contribution >= 4 is 17.4 Å². The molecule has 0 aliphatic carbocycles. The average Bonchev–Trinajstić information content (AvgIpc) is 3.46. The smallest absolute Gasteiger partial charge is 0.295 e. The van der Waals surface area contributed by atoms with Crippen LogP contribution in [-0.2, 0) is 16.1 Å². The van der Waals surface area contributed by atoms with E-state index in [4.69, 9.17) is 9.47 Å². The van der Waals surface area contributed by atoms with Gasteiger partial charge in [-0.05, 0) is 55.3 Å². The molecule has 34 heavy (non-hydrogen) atoms. The van der Waals surface area contributed by atoms with Crippen LogP contribution in [0, 0.1) is 0 Å². The Bertz CT molecular complexity index is 1190. The molecule has 4 rings (SSSR count). The molecule has 1 aliphatic rings. The minimum atomic E-state index is -0.731. The van der Waals surface area contributed by atoms with E-state index in [0.717, 1.165) is 0 Å². The van der Waals surface area contributed by atoms with Gasteiger partial charge in [-0.25, -0.2) is 4.98 Å². The molecule has 1 amide bonds. The van der Waals surface area contributed by atoms with Crippen LogP contribution in [-0.4, -0.2) is 51.5 Å². The van der Waals surface area contributed by atoms with Gasteiger partial charge in [-0.3, -0.25) is 9.59 Å². The Morgan fingerprint density at radius 3 is 2.56 bits per heavy atom. The lowest BCUT2D eigenvalue weighted by Crippen LogP contribution is -2.31. The summed E-state index contributed by atoms with van der Waals surface area (Å²) in [7, 11) is 1.55. The highest BCUT2D eigenvalue weighted by Crippen LogP contribution is 2.40. The van der Waals surface area contributed by atoms with Gasteiger partial charge in [0.25, 0.3) is 11.7 Å². The van der Waals surface area contributed by atoms with E-state index in [1.807, 2.05) is 42.0 Å². The van der Waals surface area contributed by atoms with Gasteiger partial charge in [-0.15, -0.1) is 0 Å². The zero-order valence-electron chi connectivity index (χ0n) is 19.2. The van der Waals surface area contributed by atoms with Crippen LogP contribution in [0.5, 0.6) is 11.5 Å². The second-order valence-corrected chi connectivity index (χ2v) is 7.88. The Balaban J connectivity index is 1.74. The summed E-state index contributed by atoms with van der Waals surface area (Å²) in [4.78, 5) is 31.8. The SMILES string of the molecule is CCOc1cccc(C2/C(=C(\O)c3ccc(OC)cc3)C(=O)C(=O)N2CCCn2ccnc2)c1. The highest BCUT2D eigenvalue weighted by molar-refractivity contribution is 6.46. The van der Waals surface area contributed by atoms with E-state index in [-0.39, 0.29) is 11.3 Å². The molecule has 1 atom stereocenters. The average molecular weight is 462 g/mol. The van der Waals surface area contributed by atoms with Gasteiger partial charge in [0.15, 0.2) is 0 Å². The van der Waals surface area contributed by atoms with Gasteiger partial charge >= 0.3 is 0 Å². The number of hydrogen-bond donors (Lipinski definition) is 1. The number of rotatable bonds is 9. The maximum atomic E-state index is 13.2. The van der Waals surface area contributed by atoms with E-state index >= 15 is 0 Å². The molecule has 0 radical (unpaired) electrons. The van der Waals surface area contributed by atoms with E-state index in [1.54, 1.807) is 43.9 Å². The Kier molecular flexibility index (Phi) is 6.96. The third-order valence-electron chi connectivity index (χ3n) is 5.76. The lowest BCUT2D eigenvalue weighted by atomic mass is 9.95. The number of ketones is 1. The van der Waals surface area contributed by atoms with Crippen molar-refractivity contribution in [2.45, 2.75) is 25.9 Å². The topological polar surface area (TPSA) is 93.9 Å². The first-order valence-corrected chi connectivity index (χ1v) is 11.1. The molecule has 176 valence electrons. The van der Waals surface area contributed by atoms with Crippen LogP contribution < -0.4 is 9.47 Å². The van der Waals surface area contributed by atoms with Crippen molar-refractivity contribution in [2.75, 3.05) is 20.3 Å². The first-order chi connectivity index (χ1) is 16.5. The summed E-state index contributed by atoms with van der Waals surface area (Å²) in [6, 6.07) is 13.3. The Morgan fingerprint density at radius 2 is 1.88 bits per heavy atom. The lowest BCUT2D eigenvalue weighted by Gasteiger charge is -2.25. The summed E-state index contributed by atoms with van der Waals surface area (Å²) in [6.07, 6.45) is 5.87. The molecule has 0 bridgehead atoms. The van der Waals surface area contributed by atoms with Gasteiger partial charge in [0.2, 0.25) is 0 Å². The standard InChI is InChI=1S/C26H27N3O5/c1-3-34-21-7-4-6-19(16-21)23-22(24(30)18-8-10-20(33-2)11-9-18)25(31)26(32)29(23)14-5-13-28-15-12-27-17-28/h4,6-12,15-17,23,30H,3,5,13-14H2,1-2H3/b24-22+. The number of aryl methyl sites for hydroxylation is 1. The summed E-state index contributed by atoms with van der Waals surface area (Å²) in [5.74, 6) is -0.300. The van der Waals surface area contributed by atoms with E-state index in [2.05, 4.69) is 4.98 Å². The predicted molar refractivity (Wildman–Crippen MR) is 126 cm³/mol. The Labute approximate surface area is 198 Å². The van der Waals surface area contributed by atoms with Crippen LogP contribution in [0.2, 0.25) is 0 Å². The van der Waals surface area contributed by atoms with Gasteiger partial charge < -0.3 is 24.0 Å². The summed E-state index contributed by atoms with van der Waals surface area (Å²) in [5, 5.41) is 11.2. The van der Waals surface area contributed by atoms with Crippen LogP contribution in [0.4, 0.5) is 0 Å². The van der Waals surface area contributed by atoms with Crippen LogP contribution in [0.15, 0.2) is 72.8 Å². The molecule has 8 heteroatoms. The normalized spacial score (nSPS) is 17.2. The highest BCUT2D eigenvalue weighted by atomic mass is 16.5. The van der Waals surface area contributed by atoms with Gasteiger partial charge in [0, 0.05) is 31.0 Å². The number of benzene rings is 2. The molecular formula is C26H27N3O5. The van der Waals surface area contributed by atoms with Crippen LogP contribution >= 0.6 is 0 Å². The fourth-order valence-electron chi connectivity index (χ4n) is 4.15. The second-order valence-electron chi connectivity index (χ2n) is 7.88. The van der Waals surface area contributed by atoms with Crippen molar-refractivity contribution in [3.8, 4) is 11.5 Å². The molecule has 1 N–H and O–H groups in total. The summed E-state index contributed by atoms with van der Waals surface area (Å²) in [5.41, 5.74) is 1.19. The molecule has 3 aromatic rings. The van der Waals surface area contributed by atoms with Crippen LogP contribution in [0.1, 0.15) is 30.5 Å². The van der Waals surface area contributed by atoms with Crippen LogP contribution in [0.25, 0.3) is 5.76 Å². The molecule has 1 unspecified atom stereocenters. The van der Waals surface area contributed by atoms with Crippen molar-refractivity contribution in [3.63, 3.8) is 0 Å². The number of aliphatic hydroxyl groups excluding tert-OH is 1. The molecule has 2 aromatic carbocycles. The number of likely N-dealkylation sites (tertiary alicyclic amines) is 1. The van der Waals surface area contributed by atoms with Crippen molar-refractivity contribution in [1.29, 1.82) is 0 Å². The molecule has 1 aliphatic heterocycles. The number of carbonyl (C=O) groups excluding carboxylic acids is 2. The number of Topliss-reactive ketones (excluding diaryl/α,β-unsaturated/α-hetero) is 1. The van der Waals surface area contributed by atoms with Crippen molar-refractivity contribution < 1.29 is 24.2 Å². The largest absolute Gasteiger partial charge is 0.507 e. The fourth-order valence-corrected chi connectivity index (χ4v) is 4.15. The van der Waals surface area contributed by atoms with Gasteiger partial charge in [-0.1, -0.05) is 12.1 Å². The number of aliphatic hydroxyl groups is 1. The third-order valence-corrected chi connectivity index (χ3v) is 5.76. The Hall–Kier alpha value is -4.07. The molecule has 1 saturated heterocycles. The molecule has 0 saturated carbocycles. The maximum Gasteiger partial charge on any atom is 0.295 e. The molecule has 8 nitrogen and oxygen atoms in total. The number of imidazole rings is 1. The first kappa shape index (κ1) is 23.1. The quantitative estimate of drug-likeness (QED) is 0.296. The predicted octanol–water partition coefficient (Wildman–Crippen LogP) is 3.80. The molecular weight excluding hydrogens is 434 g/mol. The van der Waals surface area contributed by atoms with E-state index in [1.165, 1.54) is 4.90 Å². The maximum absolute atomic E-state index is 13.2. The minimum absolute atomic E-state index is 0.0615. The second kappa shape index (κ2) is 10.2. The van der Waals surface area contributed by atoms with E-state index < -0.39 is 17.7 Å². The van der Waals surface area contributed by atoms with Gasteiger partial charge in [0.1, 0.15) is 17.3 Å². The fraction of sp³-hybridized carbons (Fsp3) is 0.269. The van der Waals surface area contributed by atoms with Crippen molar-refractivity contribution in [3.05, 3.63) is 84.0 Å². The van der Waals surface area contributed by atoms with Gasteiger partial charge in [-0.2, -0.15) is 0 Å². The van der Waals surface area contributed by atoms with E-state index in [9.17, 15) is 14.7 Å². The summed E-state index contributed by atoms with van der Waals surface area (Å²) >= 11 is 0. The number of methoxy groups -OCH3 is 1. The molecule has 0 spiro atoms. The number of hydrogen-bond acceptors (Lipinski definition) is 6. The minimum Gasteiger partial charge on any atom is -0.507 e. The molecule has 2 heterocycles. The highest BCUT2D eigenvalue weighted by Gasteiger charge is 2.45. The number of ether oxygens (including phenoxy) is 2. The van der Waals surface area contributed by atoms with E-state index in [0.29, 0.717) is 48.7 Å². The summed E-state index contributed by atoms with van der Waals surface area (Å²) < 4.78 is 12.7. The lowest BCUT2D eigenvalue weighted by molar-refractivity contribution is -0.139. The number of nitrogens with zero attached hydrogens (tertiary/aromatic N) is 3. The van der Waals surface area contributed by atoms with Crippen LogP contribution in [0.3, 0.4) is 0 Å². The van der Waals surface area contributed by atoms with Crippen molar-refractivity contribution in [1.82, 2.24) is 14.5 Å².